The summed E-state index contributed by atoms with van der Waals surface area (Å²) in [5.74, 6) is 0.384. The van der Waals surface area contributed by atoms with Crippen LogP contribution in [-0.2, 0) is 9.63 Å². The first-order valence-electron chi connectivity index (χ1n) is 10.2. The second-order valence-electron chi connectivity index (χ2n) is 6.96. The van der Waals surface area contributed by atoms with Crippen molar-refractivity contribution in [1.29, 1.82) is 0 Å². The summed E-state index contributed by atoms with van der Waals surface area (Å²) in [4.78, 5) is 16.9. The maximum absolute atomic E-state index is 12.1. The molecule has 0 atom stereocenters. The maximum atomic E-state index is 12.1. The van der Waals surface area contributed by atoms with Crippen LogP contribution in [-0.4, -0.2) is 18.3 Å². The Morgan fingerprint density at radius 2 is 1.72 bits per heavy atom. The summed E-state index contributed by atoms with van der Waals surface area (Å²) in [7, 11) is 0. The van der Waals surface area contributed by atoms with Crippen molar-refractivity contribution < 1.29 is 14.4 Å². The highest BCUT2D eigenvalue weighted by molar-refractivity contribution is 6.29. The van der Waals surface area contributed by atoms with E-state index < -0.39 is 5.97 Å². The minimum absolute atomic E-state index is 0.440. The highest BCUT2D eigenvalue weighted by atomic mass is 16.7. The Bertz CT molecular complexity index is 880. The van der Waals surface area contributed by atoms with E-state index in [1.165, 1.54) is 25.7 Å². The Kier molecular flexibility index (Phi) is 7.81. The first-order valence-corrected chi connectivity index (χ1v) is 10.2. The van der Waals surface area contributed by atoms with Gasteiger partial charge >= 0.3 is 5.97 Å². The van der Waals surface area contributed by atoms with Crippen LogP contribution in [0.3, 0.4) is 0 Å². The first-order chi connectivity index (χ1) is 14.3. The molecule has 2 aromatic rings. The lowest BCUT2D eigenvalue weighted by Gasteiger charge is -2.07. The molecule has 29 heavy (non-hydrogen) atoms. The summed E-state index contributed by atoms with van der Waals surface area (Å²) in [5.41, 5.74) is 2.87. The van der Waals surface area contributed by atoms with Gasteiger partial charge in [-0.2, -0.15) is 0 Å². The molecule has 0 aliphatic carbocycles. The molecule has 3 rings (SSSR count). The molecule has 1 heterocycles. The maximum Gasteiger partial charge on any atom is 0.368 e. The van der Waals surface area contributed by atoms with Gasteiger partial charge in [-0.25, -0.2) is 4.79 Å². The van der Waals surface area contributed by atoms with Crippen LogP contribution >= 0.6 is 0 Å². The molecule has 1 aliphatic heterocycles. The molecule has 0 saturated carbocycles. The number of allylic oxidation sites excluding steroid dienone is 2. The van der Waals surface area contributed by atoms with Crippen LogP contribution in [0.2, 0.25) is 0 Å². The average Bonchev–Trinajstić information content (AvgIpc) is 3.12. The Hall–Kier alpha value is -3.14. The monoisotopic (exact) mass is 389 g/mol. The minimum atomic E-state index is -0.440. The van der Waals surface area contributed by atoms with Gasteiger partial charge in [-0.05, 0) is 42.3 Å². The second-order valence-corrected chi connectivity index (χ2v) is 6.96. The molecule has 4 heteroatoms. The van der Waals surface area contributed by atoms with E-state index in [2.05, 4.69) is 12.1 Å². The lowest BCUT2D eigenvalue weighted by atomic mass is 10.0. The van der Waals surface area contributed by atoms with Crippen molar-refractivity contribution in [1.82, 2.24) is 0 Å². The molecule has 0 radical (unpaired) electrons. The number of rotatable bonds is 10. The number of carbonyl (C=O) groups excluding carboxylic acids is 1. The zero-order valence-corrected chi connectivity index (χ0v) is 16.8. The van der Waals surface area contributed by atoms with Crippen LogP contribution in [0.25, 0.3) is 6.08 Å². The van der Waals surface area contributed by atoms with E-state index in [0.29, 0.717) is 11.3 Å². The molecule has 150 valence electrons. The number of hydrogen-bond acceptors (Lipinski definition) is 4. The predicted molar refractivity (Wildman–Crippen MR) is 117 cm³/mol. The number of hydrogen-bond donors (Lipinski definition) is 0. The number of benzene rings is 2. The van der Waals surface area contributed by atoms with E-state index in [1.807, 2.05) is 66.7 Å². The fourth-order valence-corrected chi connectivity index (χ4v) is 3.06. The van der Waals surface area contributed by atoms with Gasteiger partial charge in [0, 0.05) is 5.56 Å². The van der Waals surface area contributed by atoms with Gasteiger partial charge in [0.1, 0.15) is 11.5 Å². The lowest BCUT2D eigenvalue weighted by Crippen LogP contribution is -2.06. The van der Waals surface area contributed by atoms with Crippen molar-refractivity contribution >= 4 is 17.8 Å². The van der Waals surface area contributed by atoms with Crippen LogP contribution < -0.4 is 4.74 Å². The van der Waals surface area contributed by atoms with E-state index in [4.69, 9.17) is 9.57 Å². The quantitative estimate of drug-likeness (QED) is 0.287. The zero-order valence-electron chi connectivity index (χ0n) is 16.8. The normalized spacial score (nSPS) is 15.0. The first kappa shape index (κ1) is 20.6. The summed E-state index contributed by atoms with van der Waals surface area (Å²) in [6.45, 7) is 2.94. The van der Waals surface area contributed by atoms with E-state index in [0.717, 1.165) is 29.9 Å². The molecule has 0 saturated heterocycles. The molecule has 1 aliphatic rings. The number of ether oxygens (including phenoxy) is 1. The van der Waals surface area contributed by atoms with Crippen molar-refractivity contribution in [3.63, 3.8) is 0 Å². The van der Waals surface area contributed by atoms with E-state index in [1.54, 1.807) is 6.08 Å². The van der Waals surface area contributed by atoms with Crippen molar-refractivity contribution in [2.24, 2.45) is 5.16 Å². The van der Waals surface area contributed by atoms with Crippen LogP contribution in [0.15, 0.2) is 77.5 Å². The van der Waals surface area contributed by atoms with Gasteiger partial charge < -0.3 is 9.57 Å². The van der Waals surface area contributed by atoms with E-state index in [9.17, 15) is 4.79 Å². The smallest absolute Gasteiger partial charge is 0.368 e. The Morgan fingerprint density at radius 1 is 0.966 bits per heavy atom. The highest BCUT2D eigenvalue weighted by Crippen LogP contribution is 2.21. The van der Waals surface area contributed by atoms with Crippen molar-refractivity contribution in [2.45, 2.75) is 39.0 Å². The summed E-state index contributed by atoms with van der Waals surface area (Å²) < 4.78 is 5.80. The minimum Gasteiger partial charge on any atom is -0.494 e. The highest BCUT2D eigenvalue weighted by Gasteiger charge is 2.26. The van der Waals surface area contributed by atoms with Crippen molar-refractivity contribution in [2.75, 3.05) is 6.61 Å². The summed E-state index contributed by atoms with van der Waals surface area (Å²) in [5, 5.41) is 3.95. The van der Waals surface area contributed by atoms with Crippen LogP contribution in [0, 0.1) is 0 Å². The third-order valence-corrected chi connectivity index (χ3v) is 4.69. The van der Waals surface area contributed by atoms with Gasteiger partial charge in [0.25, 0.3) is 0 Å². The van der Waals surface area contributed by atoms with Crippen LogP contribution in [0.5, 0.6) is 5.75 Å². The third-order valence-electron chi connectivity index (χ3n) is 4.69. The van der Waals surface area contributed by atoms with E-state index >= 15 is 0 Å². The van der Waals surface area contributed by atoms with E-state index in [-0.39, 0.29) is 0 Å². The SMILES string of the molecule is CCCCCCCOc1ccc(C2=NOC(=O)C2=CC=Cc2ccccc2)cc1. The molecule has 0 N–H and O–H groups in total. The van der Waals surface area contributed by atoms with Gasteiger partial charge in [-0.3, -0.25) is 0 Å². The Labute approximate surface area is 172 Å². The molecule has 4 nitrogen and oxygen atoms in total. The molecular formula is C25H27NO3. The van der Waals surface area contributed by atoms with Crippen LogP contribution in [0.4, 0.5) is 0 Å². The fraction of sp³-hybridized carbons (Fsp3) is 0.280. The molecule has 2 aromatic carbocycles. The van der Waals surface area contributed by atoms with Crippen LogP contribution in [0.1, 0.15) is 50.2 Å². The standard InChI is InChI=1S/C25H27NO3/c1-2-3-4-5-9-19-28-22-17-15-21(16-18-22)24-23(25(27)29-26-24)14-10-13-20-11-7-6-8-12-20/h6-8,10-18H,2-5,9,19H2,1H3. The summed E-state index contributed by atoms with van der Waals surface area (Å²) in [6, 6.07) is 17.5. The summed E-state index contributed by atoms with van der Waals surface area (Å²) in [6.07, 6.45) is 11.6. The number of carbonyl (C=O) groups is 1. The molecular weight excluding hydrogens is 362 g/mol. The van der Waals surface area contributed by atoms with Crippen molar-refractivity contribution in [3.05, 3.63) is 83.4 Å². The Balaban J connectivity index is 1.59. The largest absolute Gasteiger partial charge is 0.494 e. The number of unbranched alkanes of at least 4 members (excludes halogenated alkanes) is 4. The molecule has 0 spiro atoms. The number of oxime groups is 1. The Morgan fingerprint density at radius 3 is 2.48 bits per heavy atom. The summed E-state index contributed by atoms with van der Waals surface area (Å²) >= 11 is 0. The predicted octanol–water partition coefficient (Wildman–Crippen LogP) is 5.94. The molecule has 0 fully saturated rings. The van der Waals surface area contributed by atoms with Gasteiger partial charge in [-0.1, -0.05) is 80.2 Å². The second kappa shape index (κ2) is 11.0. The topological polar surface area (TPSA) is 47.9 Å². The van der Waals surface area contributed by atoms with Gasteiger partial charge in [0.05, 0.1) is 12.2 Å². The number of nitrogens with zero attached hydrogens (tertiary/aromatic N) is 1. The van der Waals surface area contributed by atoms with Gasteiger partial charge in [0.2, 0.25) is 0 Å². The van der Waals surface area contributed by atoms with Crippen molar-refractivity contribution in [3.8, 4) is 5.75 Å². The third kappa shape index (κ3) is 6.18. The lowest BCUT2D eigenvalue weighted by molar-refractivity contribution is -0.136. The molecule has 0 bridgehead atoms. The van der Waals surface area contributed by atoms with Gasteiger partial charge in [-0.15, -0.1) is 0 Å². The molecule has 0 unspecified atom stereocenters. The molecule has 0 amide bonds. The zero-order chi connectivity index (χ0) is 20.3. The molecule has 0 aromatic heterocycles. The average molecular weight is 389 g/mol. The van der Waals surface area contributed by atoms with Gasteiger partial charge in [0.15, 0.2) is 0 Å². The fourth-order valence-electron chi connectivity index (χ4n) is 3.06.